The number of ether oxygens (including phenoxy) is 1. The highest BCUT2D eigenvalue weighted by Crippen LogP contribution is 2.44. The van der Waals surface area contributed by atoms with E-state index in [1.807, 2.05) is 18.2 Å². The van der Waals surface area contributed by atoms with Crippen molar-refractivity contribution in [1.29, 1.82) is 0 Å². The van der Waals surface area contributed by atoms with Crippen molar-refractivity contribution in [3.63, 3.8) is 0 Å². The monoisotopic (exact) mass is 429 g/mol. The first kappa shape index (κ1) is 20.6. The van der Waals surface area contributed by atoms with Gasteiger partial charge < -0.3 is 15.0 Å². The number of aromatic nitrogens is 3. The van der Waals surface area contributed by atoms with E-state index in [1.54, 1.807) is 24.8 Å². The lowest BCUT2D eigenvalue weighted by Crippen LogP contribution is -2.50. The van der Waals surface area contributed by atoms with Crippen molar-refractivity contribution in [3.05, 3.63) is 83.9 Å². The van der Waals surface area contributed by atoms with E-state index in [0.29, 0.717) is 13.0 Å². The molecule has 1 saturated heterocycles. The summed E-state index contributed by atoms with van der Waals surface area (Å²) < 4.78 is 6.71. The molecule has 164 valence electrons. The van der Waals surface area contributed by atoms with Gasteiger partial charge in [-0.05, 0) is 48.1 Å². The minimum atomic E-state index is -0.367. The molecule has 2 aliphatic rings. The maximum atomic E-state index is 12.7. The Labute approximate surface area is 187 Å². The highest BCUT2D eigenvalue weighted by atomic mass is 16.5. The SMILES string of the molecule is O=C(CC1Cc2ccccc2C2(CCN(c3ncccn3)CC2)O1)NCc1cccnc1. The smallest absolute Gasteiger partial charge is 0.225 e. The molecule has 1 aromatic carbocycles. The molecule has 1 atom stereocenters. The minimum Gasteiger partial charge on any atom is -0.366 e. The lowest BCUT2D eigenvalue weighted by molar-refractivity contribution is -0.141. The van der Waals surface area contributed by atoms with Gasteiger partial charge in [0.2, 0.25) is 11.9 Å². The van der Waals surface area contributed by atoms with Gasteiger partial charge in [0.25, 0.3) is 0 Å². The fraction of sp³-hybridized carbons (Fsp3) is 0.360. The van der Waals surface area contributed by atoms with E-state index in [-0.39, 0.29) is 17.6 Å². The van der Waals surface area contributed by atoms with E-state index in [1.165, 1.54) is 11.1 Å². The first-order valence-corrected chi connectivity index (χ1v) is 11.2. The topological polar surface area (TPSA) is 80.2 Å². The number of pyridine rings is 1. The van der Waals surface area contributed by atoms with Crippen LogP contribution >= 0.6 is 0 Å². The van der Waals surface area contributed by atoms with Crippen LogP contribution in [0.3, 0.4) is 0 Å². The third kappa shape index (κ3) is 4.34. The fourth-order valence-electron chi connectivity index (χ4n) is 4.82. The van der Waals surface area contributed by atoms with Crippen molar-refractivity contribution >= 4 is 11.9 Å². The van der Waals surface area contributed by atoms with E-state index >= 15 is 0 Å². The second-order valence-electron chi connectivity index (χ2n) is 8.47. The highest BCUT2D eigenvalue weighted by molar-refractivity contribution is 5.76. The molecular formula is C25H27N5O2. The molecule has 0 aliphatic carbocycles. The third-order valence-electron chi connectivity index (χ3n) is 6.38. The molecule has 2 aliphatic heterocycles. The zero-order valence-electron chi connectivity index (χ0n) is 18.0. The van der Waals surface area contributed by atoms with E-state index < -0.39 is 0 Å². The summed E-state index contributed by atoms with van der Waals surface area (Å²) in [6, 6.07) is 14.2. The number of hydrogen-bond donors (Lipinski definition) is 1. The Morgan fingerprint density at radius 2 is 1.88 bits per heavy atom. The Morgan fingerprint density at radius 1 is 1.06 bits per heavy atom. The third-order valence-corrected chi connectivity index (χ3v) is 6.38. The predicted octanol–water partition coefficient (Wildman–Crippen LogP) is 3.02. The Morgan fingerprint density at radius 3 is 2.66 bits per heavy atom. The number of nitrogens with zero attached hydrogens (tertiary/aromatic N) is 4. The largest absolute Gasteiger partial charge is 0.366 e. The molecule has 2 aromatic heterocycles. The number of anilines is 1. The number of hydrogen-bond acceptors (Lipinski definition) is 6. The van der Waals surface area contributed by atoms with Crippen molar-refractivity contribution in [2.24, 2.45) is 0 Å². The average Bonchev–Trinajstić information content (AvgIpc) is 2.84. The lowest BCUT2D eigenvalue weighted by Gasteiger charge is -2.47. The quantitative estimate of drug-likeness (QED) is 0.672. The second-order valence-corrected chi connectivity index (χ2v) is 8.47. The molecule has 1 amide bonds. The van der Waals surface area contributed by atoms with Crippen LogP contribution in [0.25, 0.3) is 0 Å². The standard InChI is InChI=1S/C25H27N5O2/c31-23(29-18-19-5-3-10-26-17-19)16-21-15-20-6-1-2-7-22(20)25(32-21)8-13-30(14-9-25)24-27-11-4-12-28-24/h1-7,10-12,17,21H,8-9,13-16,18H2,(H,29,31). The molecule has 3 aromatic rings. The number of benzene rings is 1. The number of piperidine rings is 1. The van der Waals surface area contributed by atoms with Crippen LogP contribution in [0.2, 0.25) is 0 Å². The van der Waals surface area contributed by atoms with Gasteiger partial charge in [-0.2, -0.15) is 0 Å². The second kappa shape index (κ2) is 9.04. The van der Waals surface area contributed by atoms with E-state index in [4.69, 9.17) is 4.74 Å². The van der Waals surface area contributed by atoms with Gasteiger partial charge in [0.15, 0.2) is 0 Å². The Hall–Kier alpha value is -3.32. The molecule has 7 nitrogen and oxygen atoms in total. The molecule has 7 heteroatoms. The van der Waals surface area contributed by atoms with Crippen LogP contribution < -0.4 is 10.2 Å². The van der Waals surface area contributed by atoms with E-state index in [9.17, 15) is 4.79 Å². The summed E-state index contributed by atoms with van der Waals surface area (Å²) in [5.41, 5.74) is 3.17. The van der Waals surface area contributed by atoms with Crippen LogP contribution in [0.4, 0.5) is 5.95 Å². The Balaban J connectivity index is 1.28. The Kier molecular flexibility index (Phi) is 5.81. The van der Waals surface area contributed by atoms with Gasteiger partial charge in [-0.25, -0.2) is 9.97 Å². The molecule has 1 fully saturated rings. The van der Waals surface area contributed by atoms with E-state index in [2.05, 4.69) is 49.4 Å². The first-order valence-electron chi connectivity index (χ1n) is 11.2. The van der Waals surface area contributed by atoms with Crippen LogP contribution in [-0.2, 0) is 28.1 Å². The van der Waals surface area contributed by atoms with Crippen molar-refractivity contribution in [1.82, 2.24) is 20.3 Å². The number of carbonyl (C=O) groups is 1. The summed E-state index contributed by atoms with van der Waals surface area (Å²) >= 11 is 0. The van der Waals surface area contributed by atoms with Gasteiger partial charge in [-0.3, -0.25) is 9.78 Å². The van der Waals surface area contributed by atoms with Crippen molar-refractivity contribution in [3.8, 4) is 0 Å². The van der Waals surface area contributed by atoms with E-state index in [0.717, 1.165) is 43.9 Å². The zero-order valence-corrected chi connectivity index (χ0v) is 18.0. The summed E-state index contributed by atoms with van der Waals surface area (Å²) in [5.74, 6) is 0.765. The molecule has 1 spiro atoms. The molecular weight excluding hydrogens is 402 g/mol. The van der Waals surface area contributed by atoms with Crippen molar-refractivity contribution < 1.29 is 9.53 Å². The molecule has 0 bridgehead atoms. The number of nitrogens with one attached hydrogen (secondary N) is 1. The number of fused-ring (bicyclic) bond motifs is 2. The molecule has 0 radical (unpaired) electrons. The van der Waals surface area contributed by atoms with Gasteiger partial charge in [0.05, 0.1) is 18.1 Å². The summed E-state index contributed by atoms with van der Waals surface area (Å²) in [7, 11) is 0. The number of amides is 1. The normalized spacial score (nSPS) is 19.4. The van der Waals surface area contributed by atoms with Gasteiger partial charge in [-0.15, -0.1) is 0 Å². The summed E-state index contributed by atoms with van der Waals surface area (Å²) in [4.78, 5) is 27.8. The minimum absolute atomic E-state index is 0.00325. The van der Waals surface area contributed by atoms with Gasteiger partial charge in [0.1, 0.15) is 0 Å². The predicted molar refractivity (Wildman–Crippen MR) is 121 cm³/mol. The van der Waals surface area contributed by atoms with Gasteiger partial charge in [0, 0.05) is 44.4 Å². The first-order chi connectivity index (χ1) is 15.7. The van der Waals surface area contributed by atoms with Crippen LogP contribution in [0.15, 0.2) is 67.3 Å². The molecule has 32 heavy (non-hydrogen) atoms. The molecule has 1 unspecified atom stereocenters. The summed E-state index contributed by atoms with van der Waals surface area (Å²) in [6.07, 6.45) is 9.70. The average molecular weight is 430 g/mol. The molecule has 1 N–H and O–H groups in total. The van der Waals surface area contributed by atoms with Crippen LogP contribution in [0.5, 0.6) is 0 Å². The summed E-state index contributed by atoms with van der Waals surface area (Å²) in [5, 5.41) is 3.01. The van der Waals surface area contributed by atoms with Gasteiger partial charge >= 0.3 is 0 Å². The fourth-order valence-corrected chi connectivity index (χ4v) is 4.82. The summed E-state index contributed by atoms with van der Waals surface area (Å²) in [6.45, 7) is 2.11. The lowest BCUT2D eigenvalue weighted by atomic mass is 9.78. The molecule has 0 saturated carbocycles. The number of carbonyl (C=O) groups excluding carboxylic acids is 1. The number of rotatable bonds is 5. The Bertz CT molecular complexity index is 1050. The maximum absolute atomic E-state index is 12.7. The zero-order chi connectivity index (χ0) is 21.8. The highest BCUT2D eigenvalue weighted by Gasteiger charge is 2.44. The maximum Gasteiger partial charge on any atom is 0.225 e. The van der Waals surface area contributed by atoms with Crippen LogP contribution in [0.1, 0.15) is 36.0 Å². The van der Waals surface area contributed by atoms with Crippen LogP contribution in [0, 0.1) is 0 Å². The molecule has 5 rings (SSSR count). The van der Waals surface area contributed by atoms with Crippen molar-refractivity contribution in [2.45, 2.75) is 43.9 Å². The molecule has 4 heterocycles. The van der Waals surface area contributed by atoms with Crippen LogP contribution in [-0.4, -0.2) is 40.1 Å². The van der Waals surface area contributed by atoms with Gasteiger partial charge in [-0.1, -0.05) is 30.3 Å². The van der Waals surface area contributed by atoms with Crippen molar-refractivity contribution in [2.75, 3.05) is 18.0 Å².